The zero-order valence-corrected chi connectivity index (χ0v) is 39.7. The van der Waals surface area contributed by atoms with E-state index < -0.39 is 86.8 Å². The Balaban J connectivity index is 1.88. The van der Waals surface area contributed by atoms with E-state index in [-0.39, 0.29) is 18.9 Å². The summed E-state index contributed by atoms with van der Waals surface area (Å²) in [5.74, 6) is -0.266. The van der Waals surface area contributed by atoms with Crippen molar-refractivity contribution in [2.24, 2.45) is 0 Å². The summed E-state index contributed by atoms with van der Waals surface area (Å²) in [7, 11) is 0. The maximum absolute atomic E-state index is 13.2. The Morgan fingerprint density at radius 3 is 1.63 bits per heavy atom. The van der Waals surface area contributed by atoms with E-state index in [1.54, 1.807) is 6.08 Å². The first kappa shape index (κ1) is 58.8. The molecule has 2 aliphatic heterocycles. The molecule has 1 amide bonds. The third-order valence-corrected chi connectivity index (χ3v) is 11.9. The molecule has 0 aromatic carbocycles. The number of aliphatic hydroxyl groups is 8. The van der Waals surface area contributed by atoms with Crippen LogP contribution in [0, 0.1) is 0 Å². The maximum Gasteiger partial charge on any atom is 0.220 e. The second-order valence-corrected chi connectivity index (χ2v) is 17.6. The van der Waals surface area contributed by atoms with Crippen LogP contribution in [0.25, 0.3) is 0 Å². The van der Waals surface area contributed by atoms with E-state index in [2.05, 4.69) is 67.8 Å². The number of unbranched alkanes of at least 4 members (excludes halogenated alkanes) is 16. The van der Waals surface area contributed by atoms with Crippen LogP contribution in [-0.2, 0) is 23.7 Å². The summed E-state index contributed by atoms with van der Waals surface area (Å²) in [5, 5.41) is 86.6. The number of allylic oxidation sites excluding steroid dienone is 9. The molecule has 2 fully saturated rings. The van der Waals surface area contributed by atoms with Crippen LogP contribution in [0.3, 0.4) is 0 Å². The van der Waals surface area contributed by atoms with Crippen LogP contribution in [0.2, 0.25) is 0 Å². The lowest BCUT2D eigenvalue weighted by atomic mass is 9.97. The molecule has 2 rings (SSSR count). The lowest BCUT2D eigenvalue weighted by Crippen LogP contribution is -2.65. The van der Waals surface area contributed by atoms with Crippen molar-refractivity contribution in [1.29, 1.82) is 0 Å². The summed E-state index contributed by atoms with van der Waals surface area (Å²) in [6, 6.07) is -0.942. The number of hydrogen-bond acceptors (Lipinski definition) is 13. The fourth-order valence-electron chi connectivity index (χ4n) is 7.76. The van der Waals surface area contributed by atoms with Gasteiger partial charge >= 0.3 is 0 Å². The molecule has 0 saturated carbocycles. The molecule has 0 aliphatic carbocycles. The number of hydrogen-bond donors (Lipinski definition) is 9. The standard InChI is InChI=1S/C51H89NO13/c1-3-5-7-9-11-13-15-17-19-20-21-23-25-27-29-31-33-35-43(56)52-39(40(55)34-32-30-28-26-24-22-18-16-14-12-10-8-6-4-2)38-62-50-48(61)46(59)49(42(37-54)64-50)65-51-47(60)45(58)44(57)41(36-53)63-51/h11,13-14,16-17,19,24,26,32,34,39-42,44-51,53-55,57-61H,3-10,12,15,18,20-23,25,27-31,33,35-38H2,1-2H3,(H,52,56)/b13-11-,16-14+,19-17-,26-24+,34-32+. The van der Waals surface area contributed by atoms with E-state index in [1.807, 2.05) is 6.08 Å². The van der Waals surface area contributed by atoms with Crippen molar-refractivity contribution in [3.63, 3.8) is 0 Å². The first-order valence-electron chi connectivity index (χ1n) is 25.0. The summed E-state index contributed by atoms with van der Waals surface area (Å²) < 4.78 is 22.6. The van der Waals surface area contributed by atoms with Crippen LogP contribution in [0.5, 0.6) is 0 Å². The molecule has 65 heavy (non-hydrogen) atoms. The minimum Gasteiger partial charge on any atom is -0.394 e. The van der Waals surface area contributed by atoms with Crippen molar-refractivity contribution in [3.05, 3.63) is 60.8 Å². The number of carbonyl (C=O) groups is 1. The maximum atomic E-state index is 13.2. The Hall–Kier alpha value is -2.31. The lowest BCUT2D eigenvalue weighted by Gasteiger charge is -2.46. The van der Waals surface area contributed by atoms with Gasteiger partial charge in [0.15, 0.2) is 12.6 Å². The Bertz CT molecular complexity index is 1320. The topological polar surface area (TPSA) is 228 Å². The predicted octanol–water partition coefficient (Wildman–Crippen LogP) is 6.27. The highest BCUT2D eigenvalue weighted by Crippen LogP contribution is 2.30. The smallest absolute Gasteiger partial charge is 0.220 e. The molecule has 12 unspecified atom stereocenters. The van der Waals surface area contributed by atoms with Crippen LogP contribution in [-0.4, -0.2) is 140 Å². The number of carbonyl (C=O) groups excluding carboxylic acids is 1. The van der Waals surface area contributed by atoms with Gasteiger partial charge in [-0.25, -0.2) is 0 Å². The second kappa shape index (κ2) is 37.6. The molecule has 0 bridgehead atoms. The van der Waals surface area contributed by atoms with Gasteiger partial charge in [0, 0.05) is 6.42 Å². The normalized spacial score (nSPS) is 27.5. The fraction of sp³-hybridized carbons (Fsp3) is 0.784. The highest BCUT2D eigenvalue weighted by atomic mass is 16.7. The van der Waals surface area contributed by atoms with Gasteiger partial charge in [0.1, 0.15) is 48.8 Å². The zero-order valence-electron chi connectivity index (χ0n) is 39.7. The zero-order chi connectivity index (χ0) is 47.5. The largest absolute Gasteiger partial charge is 0.394 e. The number of ether oxygens (including phenoxy) is 4. The van der Waals surface area contributed by atoms with E-state index in [0.717, 1.165) is 64.2 Å². The van der Waals surface area contributed by atoms with E-state index in [1.165, 1.54) is 64.2 Å². The third-order valence-electron chi connectivity index (χ3n) is 11.9. The van der Waals surface area contributed by atoms with Crippen LogP contribution in [0.15, 0.2) is 60.8 Å². The first-order chi connectivity index (χ1) is 31.6. The summed E-state index contributed by atoms with van der Waals surface area (Å²) in [4.78, 5) is 13.2. The molecule has 2 saturated heterocycles. The Morgan fingerprint density at radius 1 is 0.554 bits per heavy atom. The minimum absolute atomic E-state index is 0.258. The molecular weight excluding hydrogens is 835 g/mol. The van der Waals surface area contributed by atoms with Crippen LogP contribution >= 0.6 is 0 Å². The van der Waals surface area contributed by atoms with Crippen molar-refractivity contribution in [1.82, 2.24) is 5.32 Å². The molecule has 14 heteroatoms. The van der Waals surface area contributed by atoms with Crippen LogP contribution < -0.4 is 5.32 Å². The number of amides is 1. The van der Waals surface area contributed by atoms with Gasteiger partial charge in [-0.1, -0.05) is 139 Å². The van der Waals surface area contributed by atoms with Gasteiger partial charge in [-0.2, -0.15) is 0 Å². The molecule has 0 aromatic heterocycles. The average Bonchev–Trinajstić information content (AvgIpc) is 3.30. The summed E-state index contributed by atoms with van der Waals surface area (Å²) >= 11 is 0. The third kappa shape index (κ3) is 25.0. The minimum atomic E-state index is -1.79. The predicted molar refractivity (Wildman–Crippen MR) is 254 cm³/mol. The van der Waals surface area contributed by atoms with Crippen molar-refractivity contribution < 1.29 is 64.6 Å². The van der Waals surface area contributed by atoms with Gasteiger partial charge in [0.25, 0.3) is 0 Å². The van der Waals surface area contributed by atoms with E-state index in [4.69, 9.17) is 18.9 Å². The summed E-state index contributed by atoms with van der Waals surface area (Å²) in [5.41, 5.74) is 0. The highest BCUT2D eigenvalue weighted by molar-refractivity contribution is 5.76. The Labute approximate surface area is 390 Å². The number of nitrogens with one attached hydrogen (secondary N) is 1. The molecule has 2 aliphatic rings. The van der Waals surface area contributed by atoms with Gasteiger partial charge in [0.2, 0.25) is 5.91 Å². The average molecular weight is 924 g/mol. The monoisotopic (exact) mass is 924 g/mol. The molecule has 2 heterocycles. The number of aliphatic hydroxyl groups excluding tert-OH is 8. The highest BCUT2D eigenvalue weighted by Gasteiger charge is 2.51. The van der Waals surface area contributed by atoms with Gasteiger partial charge < -0.3 is 65.1 Å². The molecule has 0 radical (unpaired) electrons. The summed E-state index contributed by atoms with van der Waals surface area (Å²) in [6.07, 6.45) is 28.3. The van der Waals surface area contributed by atoms with Crippen molar-refractivity contribution >= 4 is 5.91 Å². The van der Waals surface area contributed by atoms with Gasteiger partial charge in [0.05, 0.1) is 32.0 Å². The molecular formula is C51H89NO13. The van der Waals surface area contributed by atoms with Gasteiger partial charge in [-0.15, -0.1) is 0 Å². The van der Waals surface area contributed by atoms with E-state index in [9.17, 15) is 45.6 Å². The molecule has 9 N–H and O–H groups in total. The van der Waals surface area contributed by atoms with Crippen molar-refractivity contribution in [2.75, 3.05) is 19.8 Å². The molecule has 376 valence electrons. The van der Waals surface area contributed by atoms with Crippen molar-refractivity contribution in [3.8, 4) is 0 Å². The second-order valence-electron chi connectivity index (χ2n) is 17.6. The summed E-state index contributed by atoms with van der Waals surface area (Å²) in [6.45, 7) is 2.68. The van der Waals surface area contributed by atoms with Crippen LogP contribution in [0.1, 0.15) is 162 Å². The number of rotatable bonds is 37. The van der Waals surface area contributed by atoms with Gasteiger partial charge in [-0.3, -0.25) is 4.79 Å². The Morgan fingerprint density at radius 2 is 1.03 bits per heavy atom. The molecule has 14 nitrogen and oxygen atoms in total. The fourth-order valence-corrected chi connectivity index (χ4v) is 7.76. The first-order valence-corrected chi connectivity index (χ1v) is 25.0. The molecule has 0 spiro atoms. The lowest BCUT2D eigenvalue weighted by molar-refractivity contribution is -0.359. The van der Waals surface area contributed by atoms with Crippen LogP contribution in [0.4, 0.5) is 0 Å². The van der Waals surface area contributed by atoms with E-state index in [0.29, 0.717) is 12.8 Å². The van der Waals surface area contributed by atoms with Gasteiger partial charge in [-0.05, 0) is 77.0 Å². The molecule has 0 aromatic rings. The Kier molecular flexibility index (Phi) is 34.1. The quantitative estimate of drug-likeness (QED) is 0.0248. The van der Waals surface area contributed by atoms with E-state index >= 15 is 0 Å². The molecule has 12 atom stereocenters. The SMILES string of the molecule is CCCCC/C=C\C/C=C\CCCCCCCCCC(=O)NC(COC1OC(CO)C(OC2OC(CO)C(O)C(O)C2O)C(O)C1O)C(O)/C=C/CC/C=C/CC/C=C/CCCCCC. The van der Waals surface area contributed by atoms with Crippen molar-refractivity contribution in [2.45, 2.75) is 235 Å².